The predicted molar refractivity (Wildman–Crippen MR) is 91.0 cm³/mol. The average Bonchev–Trinajstić information content (AvgIpc) is 2.57. The van der Waals surface area contributed by atoms with E-state index in [1.807, 2.05) is 42.5 Å². The van der Waals surface area contributed by atoms with Gasteiger partial charge in [-0.2, -0.15) is 0 Å². The van der Waals surface area contributed by atoms with Gasteiger partial charge in [0.2, 0.25) is 0 Å². The molecule has 22 heavy (non-hydrogen) atoms. The van der Waals surface area contributed by atoms with Crippen molar-refractivity contribution >= 4 is 11.6 Å². The molecule has 1 heterocycles. The number of nitrogens with zero attached hydrogens (tertiary/aromatic N) is 1. The largest absolute Gasteiger partial charge is 0.386 e. The number of piperidine rings is 1. The van der Waals surface area contributed by atoms with E-state index >= 15 is 0 Å². The Morgan fingerprint density at radius 2 is 1.45 bits per heavy atom. The second-order valence-electron chi connectivity index (χ2n) is 5.95. The van der Waals surface area contributed by atoms with Gasteiger partial charge in [-0.1, -0.05) is 60.5 Å². The summed E-state index contributed by atoms with van der Waals surface area (Å²) in [5.41, 5.74) is 2.09. The molecule has 3 rings (SSSR count). The van der Waals surface area contributed by atoms with Crippen LogP contribution in [0.5, 0.6) is 0 Å². The van der Waals surface area contributed by atoms with Crippen LogP contribution in [0.25, 0.3) is 0 Å². The molecule has 1 saturated heterocycles. The molecule has 0 aromatic heterocycles. The van der Waals surface area contributed by atoms with Gasteiger partial charge in [0.25, 0.3) is 0 Å². The molecule has 0 saturated carbocycles. The van der Waals surface area contributed by atoms with Crippen LogP contribution in [0.15, 0.2) is 54.6 Å². The fourth-order valence-electron chi connectivity index (χ4n) is 3.28. The maximum Gasteiger partial charge on any atom is 0.0986 e. The molecule has 3 heteroatoms. The Labute approximate surface area is 137 Å². The van der Waals surface area contributed by atoms with Gasteiger partial charge in [0.15, 0.2) is 0 Å². The van der Waals surface area contributed by atoms with Gasteiger partial charge in [-0.15, -0.1) is 0 Å². The molecule has 0 amide bonds. The minimum Gasteiger partial charge on any atom is -0.386 e. The SMILES string of the molecule is OC(c1ccc(Cl)cc1)C(c1ccccc1)N1CCCCC1. The number of hydrogen-bond donors (Lipinski definition) is 1. The van der Waals surface area contributed by atoms with Gasteiger partial charge in [-0.3, -0.25) is 4.90 Å². The molecule has 0 bridgehead atoms. The van der Waals surface area contributed by atoms with Crippen LogP contribution in [-0.4, -0.2) is 23.1 Å². The molecule has 2 aromatic rings. The molecule has 0 spiro atoms. The normalized spacial score (nSPS) is 18.8. The fourth-order valence-corrected chi connectivity index (χ4v) is 3.41. The van der Waals surface area contributed by atoms with Gasteiger partial charge in [0, 0.05) is 5.02 Å². The van der Waals surface area contributed by atoms with Gasteiger partial charge >= 0.3 is 0 Å². The summed E-state index contributed by atoms with van der Waals surface area (Å²) in [6.45, 7) is 2.09. The second kappa shape index (κ2) is 7.28. The summed E-state index contributed by atoms with van der Waals surface area (Å²) in [6, 6.07) is 17.9. The number of aliphatic hydroxyl groups excluding tert-OH is 1. The summed E-state index contributed by atoms with van der Waals surface area (Å²) in [5.74, 6) is 0. The molecule has 116 valence electrons. The number of rotatable bonds is 4. The van der Waals surface area contributed by atoms with E-state index in [1.165, 1.54) is 24.8 Å². The van der Waals surface area contributed by atoms with E-state index < -0.39 is 6.10 Å². The van der Waals surface area contributed by atoms with Crippen molar-refractivity contribution < 1.29 is 5.11 Å². The van der Waals surface area contributed by atoms with Crippen LogP contribution >= 0.6 is 11.6 Å². The smallest absolute Gasteiger partial charge is 0.0986 e. The lowest BCUT2D eigenvalue weighted by Crippen LogP contribution is -2.37. The molecule has 2 atom stereocenters. The number of halogens is 1. The summed E-state index contributed by atoms with van der Waals surface area (Å²) in [6.07, 6.45) is 3.15. The van der Waals surface area contributed by atoms with Gasteiger partial charge in [0.1, 0.15) is 0 Å². The average molecular weight is 316 g/mol. The van der Waals surface area contributed by atoms with E-state index in [4.69, 9.17) is 11.6 Å². The maximum atomic E-state index is 11.0. The van der Waals surface area contributed by atoms with Crippen molar-refractivity contribution in [2.75, 3.05) is 13.1 Å². The summed E-state index contributed by atoms with van der Waals surface area (Å²) in [7, 11) is 0. The van der Waals surface area contributed by atoms with Crippen LogP contribution in [0.4, 0.5) is 0 Å². The third kappa shape index (κ3) is 3.52. The Morgan fingerprint density at radius 1 is 0.818 bits per heavy atom. The highest BCUT2D eigenvalue weighted by molar-refractivity contribution is 6.30. The highest BCUT2D eigenvalue weighted by Crippen LogP contribution is 2.36. The van der Waals surface area contributed by atoms with E-state index in [2.05, 4.69) is 17.0 Å². The number of benzene rings is 2. The van der Waals surface area contributed by atoms with Crippen molar-refractivity contribution in [3.63, 3.8) is 0 Å². The van der Waals surface area contributed by atoms with Crippen LogP contribution < -0.4 is 0 Å². The van der Waals surface area contributed by atoms with Crippen molar-refractivity contribution in [3.05, 3.63) is 70.7 Å². The molecule has 1 N–H and O–H groups in total. The van der Waals surface area contributed by atoms with Gasteiger partial charge in [-0.05, 0) is 49.2 Å². The molecule has 0 aliphatic carbocycles. The molecule has 1 aliphatic heterocycles. The fraction of sp³-hybridized carbons (Fsp3) is 0.368. The first-order valence-electron chi connectivity index (χ1n) is 7.98. The van der Waals surface area contributed by atoms with Crippen molar-refractivity contribution in [2.24, 2.45) is 0 Å². The first-order chi connectivity index (χ1) is 10.8. The first-order valence-corrected chi connectivity index (χ1v) is 8.36. The maximum absolute atomic E-state index is 11.0. The summed E-state index contributed by atoms with van der Waals surface area (Å²) >= 11 is 5.97. The molecule has 1 fully saturated rings. The number of likely N-dealkylation sites (tertiary alicyclic amines) is 1. The minimum atomic E-state index is -0.544. The van der Waals surface area contributed by atoms with Crippen molar-refractivity contribution in [3.8, 4) is 0 Å². The molecule has 2 nitrogen and oxygen atoms in total. The van der Waals surface area contributed by atoms with E-state index in [9.17, 15) is 5.11 Å². The van der Waals surface area contributed by atoms with E-state index in [0.29, 0.717) is 5.02 Å². The van der Waals surface area contributed by atoms with E-state index in [0.717, 1.165) is 18.7 Å². The van der Waals surface area contributed by atoms with Crippen LogP contribution in [0.2, 0.25) is 5.02 Å². The molecular formula is C19H22ClNO. The third-order valence-corrected chi connectivity index (χ3v) is 4.69. The van der Waals surface area contributed by atoms with Gasteiger partial charge < -0.3 is 5.11 Å². The Bertz CT molecular complexity index is 578. The van der Waals surface area contributed by atoms with Crippen molar-refractivity contribution in [1.82, 2.24) is 4.90 Å². The molecule has 0 radical (unpaired) electrons. The van der Waals surface area contributed by atoms with Crippen LogP contribution in [-0.2, 0) is 0 Å². The summed E-state index contributed by atoms with van der Waals surface area (Å²) < 4.78 is 0. The standard InChI is InChI=1S/C19H22ClNO/c20-17-11-9-16(10-12-17)19(22)18(15-7-3-1-4-8-15)21-13-5-2-6-14-21/h1,3-4,7-12,18-19,22H,2,5-6,13-14H2. The lowest BCUT2D eigenvalue weighted by atomic mass is 9.93. The first kappa shape index (κ1) is 15.5. The number of aliphatic hydroxyl groups is 1. The Hall–Kier alpha value is -1.35. The number of hydrogen-bond acceptors (Lipinski definition) is 2. The second-order valence-corrected chi connectivity index (χ2v) is 6.38. The Kier molecular flexibility index (Phi) is 5.14. The molecular weight excluding hydrogens is 294 g/mol. The summed E-state index contributed by atoms with van der Waals surface area (Å²) in [4.78, 5) is 2.41. The Morgan fingerprint density at radius 3 is 2.09 bits per heavy atom. The lowest BCUT2D eigenvalue weighted by Gasteiger charge is -2.37. The van der Waals surface area contributed by atoms with Gasteiger partial charge in [-0.25, -0.2) is 0 Å². The zero-order valence-corrected chi connectivity index (χ0v) is 13.4. The van der Waals surface area contributed by atoms with Crippen LogP contribution in [0, 0.1) is 0 Å². The zero-order chi connectivity index (χ0) is 15.4. The monoisotopic (exact) mass is 315 g/mol. The third-order valence-electron chi connectivity index (χ3n) is 4.44. The van der Waals surface area contributed by atoms with E-state index in [-0.39, 0.29) is 6.04 Å². The Balaban J connectivity index is 1.91. The molecule has 2 aromatic carbocycles. The molecule has 2 unspecified atom stereocenters. The summed E-state index contributed by atoms with van der Waals surface area (Å²) in [5, 5.41) is 11.7. The predicted octanol–water partition coefficient (Wildman–Crippen LogP) is 4.60. The zero-order valence-electron chi connectivity index (χ0n) is 12.7. The van der Waals surface area contributed by atoms with Crippen molar-refractivity contribution in [1.29, 1.82) is 0 Å². The van der Waals surface area contributed by atoms with Crippen LogP contribution in [0.3, 0.4) is 0 Å². The van der Waals surface area contributed by atoms with Gasteiger partial charge in [0.05, 0.1) is 12.1 Å². The quantitative estimate of drug-likeness (QED) is 0.891. The highest BCUT2D eigenvalue weighted by atomic mass is 35.5. The lowest BCUT2D eigenvalue weighted by molar-refractivity contribution is 0.0362. The topological polar surface area (TPSA) is 23.5 Å². The van der Waals surface area contributed by atoms with Crippen LogP contribution in [0.1, 0.15) is 42.5 Å². The molecule has 1 aliphatic rings. The highest BCUT2D eigenvalue weighted by Gasteiger charge is 2.29. The van der Waals surface area contributed by atoms with Crippen molar-refractivity contribution in [2.45, 2.75) is 31.4 Å². The minimum absolute atomic E-state index is 0.00248. The van der Waals surface area contributed by atoms with E-state index in [1.54, 1.807) is 0 Å².